The number of fused-ring (bicyclic) bond motifs is 2. The molecule has 0 aromatic heterocycles. The molecule has 1 aromatic carbocycles. The van der Waals surface area contributed by atoms with Crippen molar-refractivity contribution in [3.63, 3.8) is 0 Å². The Kier molecular flexibility index (Phi) is 4.32. The molecule has 2 bridgehead atoms. The minimum Gasteiger partial charge on any atom is -0.310 e. The van der Waals surface area contributed by atoms with Crippen LogP contribution in [0, 0.1) is 18.7 Å². The third-order valence-corrected chi connectivity index (χ3v) is 5.61. The molecule has 3 unspecified atom stereocenters. The van der Waals surface area contributed by atoms with Crippen LogP contribution in [0.4, 0.5) is 4.39 Å². The second kappa shape index (κ2) is 6.05. The molecular weight excluding hydrogens is 263 g/mol. The molecular formula is C18H27FN2. The van der Waals surface area contributed by atoms with Gasteiger partial charge in [-0.15, -0.1) is 0 Å². The van der Waals surface area contributed by atoms with Gasteiger partial charge < -0.3 is 10.2 Å². The standard InChI is InChI=1S/C18H27FN2/c1-4-20-18(17-11-14(19)6-5-12(17)2)13-9-15-7-8-16(10-13)21(15)3/h5-6,11,13,15-16,18,20H,4,7-10H2,1-3H3. The molecule has 2 aliphatic heterocycles. The van der Waals surface area contributed by atoms with Crippen molar-refractivity contribution < 1.29 is 4.39 Å². The fourth-order valence-electron chi connectivity index (χ4n) is 4.42. The fourth-order valence-corrected chi connectivity index (χ4v) is 4.42. The zero-order valence-corrected chi connectivity index (χ0v) is 13.4. The van der Waals surface area contributed by atoms with Gasteiger partial charge in [0.1, 0.15) is 5.82 Å². The predicted octanol–water partition coefficient (Wildman–Crippen LogP) is 3.66. The van der Waals surface area contributed by atoms with Crippen molar-refractivity contribution >= 4 is 0 Å². The number of aryl methyl sites for hydroxylation is 1. The normalized spacial score (nSPS) is 30.6. The van der Waals surface area contributed by atoms with E-state index in [1.165, 1.54) is 31.2 Å². The van der Waals surface area contributed by atoms with E-state index in [1.54, 1.807) is 12.1 Å². The monoisotopic (exact) mass is 290 g/mol. The maximum atomic E-state index is 13.7. The first-order chi connectivity index (χ1) is 10.1. The number of rotatable bonds is 4. The molecule has 2 nitrogen and oxygen atoms in total. The molecule has 21 heavy (non-hydrogen) atoms. The summed E-state index contributed by atoms with van der Waals surface area (Å²) < 4.78 is 13.7. The van der Waals surface area contributed by atoms with Gasteiger partial charge in [-0.1, -0.05) is 13.0 Å². The van der Waals surface area contributed by atoms with E-state index in [0.717, 1.165) is 24.2 Å². The van der Waals surface area contributed by atoms with Crippen molar-refractivity contribution in [2.75, 3.05) is 13.6 Å². The summed E-state index contributed by atoms with van der Waals surface area (Å²) in [5, 5.41) is 3.64. The molecule has 0 aliphatic carbocycles. The molecule has 3 rings (SSSR count). The lowest BCUT2D eigenvalue weighted by atomic mass is 9.81. The van der Waals surface area contributed by atoms with Crippen LogP contribution in [0.3, 0.4) is 0 Å². The number of piperidine rings is 1. The summed E-state index contributed by atoms with van der Waals surface area (Å²) in [5.41, 5.74) is 2.36. The van der Waals surface area contributed by atoms with Gasteiger partial charge in [0.05, 0.1) is 0 Å². The van der Waals surface area contributed by atoms with Crippen molar-refractivity contribution in [3.8, 4) is 0 Å². The van der Waals surface area contributed by atoms with Crippen molar-refractivity contribution in [2.24, 2.45) is 5.92 Å². The van der Waals surface area contributed by atoms with Gasteiger partial charge in [-0.05, 0) is 75.4 Å². The zero-order valence-electron chi connectivity index (χ0n) is 13.4. The van der Waals surface area contributed by atoms with Crippen LogP contribution in [0.1, 0.15) is 49.8 Å². The van der Waals surface area contributed by atoms with E-state index in [-0.39, 0.29) is 5.82 Å². The number of benzene rings is 1. The predicted molar refractivity (Wildman–Crippen MR) is 84.9 cm³/mol. The number of nitrogens with one attached hydrogen (secondary N) is 1. The molecule has 0 radical (unpaired) electrons. The quantitative estimate of drug-likeness (QED) is 0.910. The lowest BCUT2D eigenvalue weighted by molar-refractivity contribution is 0.112. The topological polar surface area (TPSA) is 15.3 Å². The van der Waals surface area contributed by atoms with Gasteiger partial charge in [0, 0.05) is 18.1 Å². The van der Waals surface area contributed by atoms with Crippen LogP contribution in [-0.4, -0.2) is 30.6 Å². The van der Waals surface area contributed by atoms with Crippen LogP contribution in [0.25, 0.3) is 0 Å². The minimum absolute atomic E-state index is 0.116. The number of nitrogens with zero attached hydrogens (tertiary/aromatic N) is 1. The number of halogens is 1. The summed E-state index contributed by atoms with van der Waals surface area (Å²) in [5.74, 6) is 0.508. The van der Waals surface area contributed by atoms with Gasteiger partial charge in [0.25, 0.3) is 0 Å². The molecule has 2 aliphatic rings. The van der Waals surface area contributed by atoms with E-state index in [0.29, 0.717) is 12.0 Å². The first kappa shape index (κ1) is 15.0. The third kappa shape index (κ3) is 2.86. The highest BCUT2D eigenvalue weighted by atomic mass is 19.1. The Labute approximate surface area is 127 Å². The molecule has 116 valence electrons. The Morgan fingerprint density at radius 3 is 2.57 bits per heavy atom. The fraction of sp³-hybridized carbons (Fsp3) is 0.667. The van der Waals surface area contributed by atoms with Crippen LogP contribution < -0.4 is 5.32 Å². The summed E-state index contributed by atoms with van der Waals surface area (Å²) in [6, 6.07) is 6.97. The van der Waals surface area contributed by atoms with Gasteiger partial charge in [0.2, 0.25) is 0 Å². The third-order valence-electron chi connectivity index (χ3n) is 5.61. The van der Waals surface area contributed by atoms with Gasteiger partial charge >= 0.3 is 0 Å². The first-order valence-electron chi connectivity index (χ1n) is 8.31. The molecule has 0 spiro atoms. The summed E-state index contributed by atoms with van der Waals surface area (Å²) in [6.45, 7) is 5.18. The maximum Gasteiger partial charge on any atom is 0.123 e. The lowest BCUT2D eigenvalue weighted by Crippen LogP contribution is -2.44. The smallest absolute Gasteiger partial charge is 0.123 e. The summed E-state index contributed by atoms with van der Waals surface area (Å²) in [4.78, 5) is 2.57. The van der Waals surface area contributed by atoms with Crippen LogP contribution >= 0.6 is 0 Å². The van der Waals surface area contributed by atoms with Crippen molar-refractivity contribution in [1.82, 2.24) is 10.2 Å². The van der Waals surface area contributed by atoms with E-state index in [2.05, 4.69) is 31.1 Å². The molecule has 1 N–H and O–H groups in total. The highest BCUT2D eigenvalue weighted by Gasteiger charge is 2.41. The van der Waals surface area contributed by atoms with E-state index in [4.69, 9.17) is 0 Å². The van der Waals surface area contributed by atoms with Crippen molar-refractivity contribution in [1.29, 1.82) is 0 Å². The Hall–Kier alpha value is -0.930. The van der Waals surface area contributed by atoms with Gasteiger partial charge in [-0.2, -0.15) is 0 Å². The molecule has 0 saturated carbocycles. The van der Waals surface area contributed by atoms with Crippen LogP contribution in [0.2, 0.25) is 0 Å². The number of hydrogen-bond donors (Lipinski definition) is 1. The van der Waals surface area contributed by atoms with E-state index in [1.807, 2.05) is 6.07 Å². The molecule has 2 heterocycles. The molecule has 3 atom stereocenters. The van der Waals surface area contributed by atoms with Gasteiger partial charge in [-0.25, -0.2) is 4.39 Å². The van der Waals surface area contributed by atoms with E-state index in [9.17, 15) is 4.39 Å². The molecule has 2 saturated heterocycles. The Balaban J connectivity index is 1.86. The van der Waals surface area contributed by atoms with Crippen LogP contribution in [0.5, 0.6) is 0 Å². The lowest BCUT2D eigenvalue weighted by Gasteiger charge is -2.40. The molecule has 2 fully saturated rings. The summed E-state index contributed by atoms with van der Waals surface area (Å²) in [7, 11) is 2.27. The SMILES string of the molecule is CCNC(c1cc(F)ccc1C)C1CC2CCC(C1)N2C. The molecule has 3 heteroatoms. The largest absolute Gasteiger partial charge is 0.310 e. The number of hydrogen-bond acceptors (Lipinski definition) is 2. The Morgan fingerprint density at radius 2 is 1.95 bits per heavy atom. The average Bonchev–Trinajstić information content (AvgIpc) is 2.69. The summed E-state index contributed by atoms with van der Waals surface area (Å²) in [6.07, 6.45) is 5.14. The van der Waals surface area contributed by atoms with E-state index < -0.39 is 0 Å². The zero-order chi connectivity index (χ0) is 15.0. The Morgan fingerprint density at radius 1 is 1.29 bits per heavy atom. The van der Waals surface area contributed by atoms with Gasteiger partial charge in [0.15, 0.2) is 0 Å². The first-order valence-corrected chi connectivity index (χ1v) is 8.31. The average molecular weight is 290 g/mol. The second-order valence-electron chi connectivity index (χ2n) is 6.82. The van der Waals surface area contributed by atoms with Crippen molar-refractivity contribution in [3.05, 3.63) is 35.1 Å². The highest BCUT2D eigenvalue weighted by Crippen LogP contribution is 2.43. The summed E-state index contributed by atoms with van der Waals surface area (Å²) >= 11 is 0. The maximum absolute atomic E-state index is 13.7. The second-order valence-corrected chi connectivity index (χ2v) is 6.82. The molecule has 0 amide bonds. The highest BCUT2D eigenvalue weighted by molar-refractivity contribution is 5.30. The van der Waals surface area contributed by atoms with Crippen LogP contribution in [0.15, 0.2) is 18.2 Å². The van der Waals surface area contributed by atoms with Crippen molar-refractivity contribution in [2.45, 2.75) is 57.7 Å². The van der Waals surface area contributed by atoms with E-state index >= 15 is 0 Å². The van der Waals surface area contributed by atoms with Gasteiger partial charge in [-0.3, -0.25) is 0 Å². The minimum atomic E-state index is -0.116. The van der Waals surface area contributed by atoms with Crippen LogP contribution in [-0.2, 0) is 0 Å². The molecule has 1 aromatic rings. The Bertz CT molecular complexity index is 488.